The van der Waals surface area contributed by atoms with Gasteiger partial charge < -0.3 is 10.6 Å². The third-order valence-electron chi connectivity index (χ3n) is 5.19. The lowest BCUT2D eigenvalue weighted by Crippen LogP contribution is -2.21. The van der Waals surface area contributed by atoms with Crippen molar-refractivity contribution in [2.75, 3.05) is 19.8 Å². The van der Waals surface area contributed by atoms with E-state index < -0.39 is 0 Å². The van der Waals surface area contributed by atoms with Crippen molar-refractivity contribution in [3.63, 3.8) is 0 Å². The maximum atomic E-state index is 12.8. The lowest BCUT2D eigenvalue weighted by Gasteiger charge is -2.12. The van der Waals surface area contributed by atoms with Crippen LogP contribution in [-0.2, 0) is 0 Å². The van der Waals surface area contributed by atoms with Gasteiger partial charge in [0.15, 0.2) is 5.78 Å². The molecule has 1 amide bonds. The summed E-state index contributed by atoms with van der Waals surface area (Å²) in [5.41, 5.74) is 9.99. The molecule has 164 valence electrons. The number of aromatic nitrogens is 2. The summed E-state index contributed by atoms with van der Waals surface area (Å²) in [7, 11) is 3.45. The number of carbonyl (C=O) groups excluding carboxylic acids is 2. The molecule has 8 heteroatoms. The third kappa shape index (κ3) is 4.16. The van der Waals surface area contributed by atoms with Crippen LogP contribution < -0.4 is 5.73 Å². The maximum absolute atomic E-state index is 12.8. The van der Waals surface area contributed by atoms with Crippen LogP contribution in [0.1, 0.15) is 46.2 Å². The first-order valence-corrected chi connectivity index (χ1v) is 12.1. The molecule has 0 fully saturated rings. The monoisotopic (exact) mass is 464 g/mol. The van der Waals surface area contributed by atoms with E-state index in [0.717, 1.165) is 40.1 Å². The van der Waals surface area contributed by atoms with Crippen LogP contribution in [0.4, 0.5) is 5.69 Å². The average Bonchev–Trinajstić information content (AvgIpc) is 3.45. The maximum Gasteiger partial charge on any atom is 0.253 e. The second kappa shape index (κ2) is 9.18. The van der Waals surface area contributed by atoms with Gasteiger partial charge in [-0.3, -0.25) is 9.59 Å². The number of anilines is 1. The van der Waals surface area contributed by atoms with E-state index in [0.29, 0.717) is 27.4 Å². The third-order valence-corrected chi connectivity index (χ3v) is 7.12. The summed E-state index contributed by atoms with van der Waals surface area (Å²) in [6, 6.07) is 9.41. The lowest BCUT2D eigenvalue weighted by molar-refractivity contribution is 0.0827. The van der Waals surface area contributed by atoms with Gasteiger partial charge in [-0.2, -0.15) is 0 Å². The van der Waals surface area contributed by atoms with Crippen LogP contribution in [0.15, 0.2) is 41.9 Å². The van der Waals surface area contributed by atoms with Gasteiger partial charge in [0, 0.05) is 43.0 Å². The Hall–Kier alpha value is -3.10. The first-order chi connectivity index (χ1) is 15.4. The number of fused-ring (bicyclic) bond motifs is 1. The molecule has 4 aromatic rings. The van der Waals surface area contributed by atoms with E-state index in [4.69, 9.17) is 10.7 Å². The largest absolute Gasteiger partial charge is 0.397 e. The number of amides is 1. The number of pyridine rings is 1. The number of thiazole rings is 1. The van der Waals surface area contributed by atoms with Crippen LogP contribution in [0.5, 0.6) is 0 Å². The number of rotatable bonds is 7. The van der Waals surface area contributed by atoms with Crippen LogP contribution in [0.2, 0.25) is 0 Å². The number of nitrogens with two attached hydrogens (primary N) is 1. The molecular weight excluding hydrogens is 440 g/mol. The van der Waals surface area contributed by atoms with Gasteiger partial charge in [-0.15, -0.1) is 22.7 Å². The van der Waals surface area contributed by atoms with Crippen molar-refractivity contribution in [1.29, 1.82) is 0 Å². The van der Waals surface area contributed by atoms with E-state index in [1.165, 1.54) is 22.7 Å². The highest BCUT2D eigenvalue weighted by Gasteiger charge is 2.22. The Morgan fingerprint density at radius 1 is 1.19 bits per heavy atom. The molecule has 4 rings (SSSR count). The van der Waals surface area contributed by atoms with Gasteiger partial charge in [0.2, 0.25) is 0 Å². The number of hydrogen-bond acceptors (Lipinski definition) is 7. The van der Waals surface area contributed by atoms with Crippen molar-refractivity contribution >= 4 is 50.3 Å². The molecule has 0 unspecified atom stereocenters. The molecule has 6 nitrogen and oxygen atoms in total. The minimum Gasteiger partial charge on any atom is -0.397 e. The molecule has 2 N–H and O–H groups in total. The lowest BCUT2D eigenvalue weighted by atomic mass is 9.98. The summed E-state index contributed by atoms with van der Waals surface area (Å²) in [4.78, 5) is 37.4. The van der Waals surface area contributed by atoms with Crippen LogP contribution >= 0.6 is 22.7 Å². The molecule has 0 saturated heterocycles. The highest BCUT2D eigenvalue weighted by atomic mass is 32.1. The number of hydrogen-bond donors (Lipinski definition) is 1. The van der Waals surface area contributed by atoms with Gasteiger partial charge in [-0.25, -0.2) is 9.97 Å². The van der Waals surface area contributed by atoms with Crippen molar-refractivity contribution < 1.29 is 9.59 Å². The molecule has 0 radical (unpaired) electrons. The van der Waals surface area contributed by atoms with Gasteiger partial charge in [0.1, 0.15) is 15.5 Å². The minimum absolute atomic E-state index is 0.0469. The highest BCUT2D eigenvalue weighted by molar-refractivity contribution is 7.21. The number of ketones is 1. The van der Waals surface area contributed by atoms with Gasteiger partial charge in [0.05, 0.1) is 10.6 Å². The Balaban J connectivity index is 1.94. The number of nitrogen functional groups attached to an aromatic ring is 1. The zero-order valence-corrected chi connectivity index (χ0v) is 19.8. The predicted octanol–water partition coefficient (Wildman–Crippen LogP) is 5.74. The zero-order valence-electron chi connectivity index (χ0n) is 18.2. The fourth-order valence-corrected chi connectivity index (χ4v) is 5.23. The normalized spacial score (nSPS) is 11.1. The molecule has 1 aromatic carbocycles. The van der Waals surface area contributed by atoms with Crippen LogP contribution in [0.25, 0.3) is 32.0 Å². The average molecular weight is 465 g/mol. The molecule has 0 aliphatic carbocycles. The number of Topliss-reactive ketones (excluding diaryl/α,β-unsaturated/α-hetero) is 1. The topological polar surface area (TPSA) is 89.2 Å². The molecule has 0 atom stereocenters. The zero-order chi connectivity index (χ0) is 22.8. The number of nitrogens with zero attached hydrogens (tertiary/aromatic N) is 3. The summed E-state index contributed by atoms with van der Waals surface area (Å²) < 4.78 is 0. The van der Waals surface area contributed by atoms with Crippen LogP contribution in [-0.4, -0.2) is 40.7 Å². The number of benzene rings is 1. The number of unbranched alkanes of at least 4 members (excludes halogenated alkanes) is 1. The van der Waals surface area contributed by atoms with Gasteiger partial charge in [-0.05, 0) is 35.7 Å². The fourth-order valence-electron chi connectivity index (χ4n) is 3.54. The molecule has 3 aromatic heterocycles. The summed E-state index contributed by atoms with van der Waals surface area (Å²) in [6.45, 7) is 2.06. The Labute approximate surface area is 194 Å². The smallest absolute Gasteiger partial charge is 0.253 e. The van der Waals surface area contributed by atoms with Crippen molar-refractivity contribution in [3.05, 3.63) is 52.3 Å². The summed E-state index contributed by atoms with van der Waals surface area (Å²) in [5.74, 6) is -0.0309. The quantitative estimate of drug-likeness (QED) is 0.352. The van der Waals surface area contributed by atoms with E-state index in [1.807, 2.05) is 29.6 Å². The van der Waals surface area contributed by atoms with Crippen LogP contribution in [0, 0.1) is 0 Å². The molecule has 0 bridgehead atoms. The standard InChI is InChI=1S/C24H24N4O2S2/c1-4-5-9-18(29)21-20(25)19-16(14-7-6-8-15(12-14)24(30)28(2)3)13-17(27-23(19)32-21)22-26-10-11-31-22/h6-8,10-13H,4-5,9,25H2,1-3H3. The highest BCUT2D eigenvalue weighted by Crippen LogP contribution is 2.42. The van der Waals surface area contributed by atoms with Gasteiger partial charge in [-0.1, -0.05) is 25.5 Å². The minimum atomic E-state index is -0.0778. The molecule has 0 spiro atoms. The van der Waals surface area contributed by atoms with Crippen molar-refractivity contribution in [2.45, 2.75) is 26.2 Å². The van der Waals surface area contributed by atoms with E-state index in [9.17, 15) is 9.59 Å². The number of thiophene rings is 1. The molecule has 0 aliphatic rings. The van der Waals surface area contributed by atoms with Crippen molar-refractivity contribution in [2.24, 2.45) is 0 Å². The predicted molar refractivity (Wildman–Crippen MR) is 132 cm³/mol. The molecule has 0 aliphatic heterocycles. The summed E-state index contributed by atoms with van der Waals surface area (Å²) in [5, 5.41) is 3.45. The second-order valence-electron chi connectivity index (χ2n) is 7.72. The van der Waals surface area contributed by atoms with E-state index in [2.05, 4.69) is 11.9 Å². The summed E-state index contributed by atoms with van der Waals surface area (Å²) >= 11 is 2.84. The SMILES string of the molecule is CCCCC(=O)c1sc2nc(-c3nccs3)cc(-c3cccc(C(=O)N(C)C)c3)c2c1N. The first kappa shape index (κ1) is 22.1. The van der Waals surface area contributed by atoms with E-state index in [1.54, 1.807) is 31.3 Å². The Morgan fingerprint density at radius 2 is 2.00 bits per heavy atom. The van der Waals surface area contributed by atoms with E-state index in [-0.39, 0.29) is 11.7 Å². The molecular formula is C24H24N4O2S2. The Kier molecular flexibility index (Phi) is 6.34. The Bertz CT molecular complexity index is 1290. The van der Waals surface area contributed by atoms with Gasteiger partial charge >= 0.3 is 0 Å². The Morgan fingerprint density at radius 3 is 2.69 bits per heavy atom. The van der Waals surface area contributed by atoms with Crippen LogP contribution in [0.3, 0.4) is 0 Å². The van der Waals surface area contributed by atoms with Gasteiger partial charge in [0.25, 0.3) is 5.91 Å². The number of carbonyl (C=O) groups is 2. The van der Waals surface area contributed by atoms with Crippen molar-refractivity contribution in [1.82, 2.24) is 14.9 Å². The van der Waals surface area contributed by atoms with E-state index >= 15 is 0 Å². The molecule has 3 heterocycles. The van der Waals surface area contributed by atoms with Crippen molar-refractivity contribution in [3.8, 4) is 21.8 Å². The first-order valence-electron chi connectivity index (χ1n) is 10.4. The summed E-state index contributed by atoms with van der Waals surface area (Å²) in [6.07, 6.45) is 3.98. The molecule has 32 heavy (non-hydrogen) atoms. The second-order valence-corrected chi connectivity index (χ2v) is 9.62. The fraction of sp³-hybridized carbons (Fsp3) is 0.250. The molecule has 0 saturated carbocycles.